The van der Waals surface area contributed by atoms with E-state index in [0.717, 1.165) is 23.9 Å². The van der Waals surface area contributed by atoms with Gasteiger partial charge in [0.2, 0.25) is 0 Å². The summed E-state index contributed by atoms with van der Waals surface area (Å²) in [7, 11) is 0. The molecule has 0 spiro atoms. The topological polar surface area (TPSA) is 46.5 Å². The second-order valence-electron chi connectivity index (χ2n) is 4.83. The van der Waals surface area contributed by atoms with Crippen LogP contribution in [0.15, 0.2) is 24.5 Å². The summed E-state index contributed by atoms with van der Waals surface area (Å²) in [6.07, 6.45) is 8.89. The van der Waals surface area contributed by atoms with Crippen molar-refractivity contribution in [2.45, 2.75) is 32.2 Å². The lowest BCUT2D eigenvalue weighted by atomic mass is 9.83. The van der Waals surface area contributed by atoms with Crippen LogP contribution in [0.1, 0.15) is 25.7 Å². The van der Waals surface area contributed by atoms with Gasteiger partial charge in [-0.05, 0) is 36.7 Å². The van der Waals surface area contributed by atoms with E-state index < -0.39 is 0 Å². The second kappa shape index (κ2) is 5.02. The Morgan fingerprint density at radius 2 is 2.11 bits per heavy atom. The van der Waals surface area contributed by atoms with Gasteiger partial charge in [0.15, 0.2) is 10.6 Å². The molecule has 1 aliphatic rings. The van der Waals surface area contributed by atoms with E-state index in [1.807, 2.05) is 12.1 Å². The summed E-state index contributed by atoms with van der Waals surface area (Å²) in [5.74, 6) is 1.80. The van der Waals surface area contributed by atoms with Crippen LogP contribution in [0.2, 0.25) is 0 Å². The second-order valence-corrected chi connectivity index (χ2v) is 5.21. The molecule has 0 aliphatic heterocycles. The van der Waals surface area contributed by atoms with Gasteiger partial charge in [0.1, 0.15) is 0 Å². The van der Waals surface area contributed by atoms with Crippen molar-refractivity contribution in [3.8, 4) is 11.4 Å². The molecule has 0 unspecified atom stereocenters. The Labute approximate surface area is 111 Å². The molecule has 4 nitrogen and oxygen atoms in total. The zero-order chi connectivity index (χ0) is 12.4. The highest BCUT2D eigenvalue weighted by atomic mass is 32.1. The minimum atomic E-state index is 0.709. The lowest BCUT2D eigenvalue weighted by molar-refractivity contribution is 0.282. The maximum Gasteiger partial charge on any atom is 0.195 e. The molecule has 5 heteroatoms. The monoisotopic (exact) mass is 260 g/mol. The van der Waals surface area contributed by atoms with Gasteiger partial charge in [-0.25, -0.2) is 0 Å². The van der Waals surface area contributed by atoms with Crippen LogP contribution in [0, 0.1) is 10.7 Å². The molecule has 1 fully saturated rings. The average molecular weight is 260 g/mol. The number of H-pyrrole nitrogens is 1. The first kappa shape index (κ1) is 11.6. The van der Waals surface area contributed by atoms with E-state index >= 15 is 0 Å². The largest absolute Gasteiger partial charge is 0.300 e. The maximum absolute atomic E-state index is 5.31. The van der Waals surface area contributed by atoms with Crippen molar-refractivity contribution >= 4 is 12.2 Å². The smallest absolute Gasteiger partial charge is 0.195 e. The molecule has 0 radical (unpaired) electrons. The molecule has 3 rings (SSSR count). The standard InChI is InChI=1S/C13H16N4S/c18-13-16-15-12(11-4-7-14-8-5-11)17(13)9-6-10-2-1-3-10/h4-5,7-8,10H,1-3,6,9H2,(H,16,18). The van der Waals surface area contributed by atoms with Gasteiger partial charge in [0.25, 0.3) is 0 Å². The SMILES string of the molecule is S=c1[nH]nc(-c2ccncc2)n1CCC1CCC1. The van der Waals surface area contributed by atoms with Crippen molar-refractivity contribution in [1.29, 1.82) is 0 Å². The van der Waals surface area contributed by atoms with Crippen molar-refractivity contribution in [2.24, 2.45) is 5.92 Å². The van der Waals surface area contributed by atoms with E-state index in [-0.39, 0.29) is 0 Å². The molecule has 0 atom stereocenters. The molecule has 0 aromatic carbocycles. The van der Waals surface area contributed by atoms with Crippen LogP contribution < -0.4 is 0 Å². The van der Waals surface area contributed by atoms with E-state index in [1.54, 1.807) is 12.4 Å². The van der Waals surface area contributed by atoms with Crippen molar-refractivity contribution in [3.05, 3.63) is 29.3 Å². The van der Waals surface area contributed by atoms with E-state index in [1.165, 1.54) is 25.7 Å². The predicted octanol–water partition coefficient (Wildman–Crippen LogP) is 3.19. The summed E-state index contributed by atoms with van der Waals surface area (Å²) < 4.78 is 2.81. The Morgan fingerprint density at radius 3 is 2.78 bits per heavy atom. The molecule has 1 N–H and O–H groups in total. The zero-order valence-electron chi connectivity index (χ0n) is 10.2. The molecule has 0 saturated heterocycles. The number of hydrogen-bond donors (Lipinski definition) is 1. The zero-order valence-corrected chi connectivity index (χ0v) is 11.0. The number of aromatic amines is 1. The van der Waals surface area contributed by atoms with Crippen molar-refractivity contribution in [2.75, 3.05) is 0 Å². The lowest BCUT2D eigenvalue weighted by Crippen LogP contribution is -2.14. The molecule has 1 saturated carbocycles. The first-order chi connectivity index (χ1) is 8.84. The number of nitrogens with one attached hydrogen (secondary N) is 1. The lowest BCUT2D eigenvalue weighted by Gasteiger charge is -2.25. The van der Waals surface area contributed by atoms with Crippen LogP contribution in [0.3, 0.4) is 0 Å². The van der Waals surface area contributed by atoms with Crippen LogP contribution in [-0.2, 0) is 6.54 Å². The van der Waals surface area contributed by atoms with Gasteiger partial charge in [0, 0.05) is 24.5 Å². The number of aromatic nitrogens is 4. The third kappa shape index (κ3) is 2.22. The fraction of sp³-hybridized carbons (Fsp3) is 0.462. The summed E-state index contributed by atoms with van der Waals surface area (Å²) in [5.41, 5.74) is 1.06. The van der Waals surface area contributed by atoms with Gasteiger partial charge in [0.05, 0.1) is 0 Å². The Kier molecular flexibility index (Phi) is 3.23. The van der Waals surface area contributed by atoms with Gasteiger partial charge < -0.3 is 4.57 Å². The summed E-state index contributed by atoms with van der Waals surface area (Å²) in [6.45, 7) is 0.956. The molecule has 2 aromatic rings. The summed E-state index contributed by atoms with van der Waals surface area (Å²) in [5, 5.41) is 7.22. The molecular formula is C13H16N4S. The first-order valence-corrected chi connectivity index (χ1v) is 6.81. The summed E-state index contributed by atoms with van der Waals surface area (Å²) in [4.78, 5) is 4.03. The molecule has 0 amide bonds. The highest BCUT2D eigenvalue weighted by Crippen LogP contribution is 2.30. The van der Waals surface area contributed by atoms with Gasteiger partial charge in [-0.1, -0.05) is 19.3 Å². The van der Waals surface area contributed by atoms with Crippen LogP contribution in [0.5, 0.6) is 0 Å². The highest BCUT2D eigenvalue weighted by molar-refractivity contribution is 7.71. The van der Waals surface area contributed by atoms with E-state index in [2.05, 4.69) is 19.7 Å². The number of rotatable bonds is 4. The molecule has 1 aliphatic carbocycles. The van der Waals surface area contributed by atoms with Gasteiger partial charge >= 0.3 is 0 Å². The fourth-order valence-electron chi connectivity index (χ4n) is 2.34. The average Bonchev–Trinajstić information content (AvgIpc) is 2.70. The fourth-order valence-corrected chi connectivity index (χ4v) is 2.56. The Balaban J connectivity index is 1.84. The number of nitrogens with zero attached hydrogens (tertiary/aromatic N) is 3. The Hall–Kier alpha value is -1.49. The molecule has 94 valence electrons. The van der Waals surface area contributed by atoms with Crippen molar-refractivity contribution < 1.29 is 0 Å². The normalized spacial score (nSPS) is 15.6. The van der Waals surface area contributed by atoms with Crippen LogP contribution >= 0.6 is 12.2 Å². The van der Waals surface area contributed by atoms with Crippen molar-refractivity contribution in [3.63, 3.8) is 0 Å². The quantitative estimate of drug-likeness (QED) is 0.859. The third-order valence-electron chi connectivity index (χ3n) is 3.68. The van der Waals surface area contributed by atoms with Gasteiger partial charge in [-0.2, -0.15) is 5.10 Å². The molecule has 2 aromatic heterocycles. The van der Waals surface area contributed by atoms with E-state index in [9.17, 15) is 0 Å². The maximum atomic E-state index is 5.31. The predicted molar refractivity (Wildman–Crippen MR) is 72.6 cm³/mol. The minimum absolute atomic E-state index is 0.709. The van der Waals surface area contributed by atoms with Crippen LogP contribution in [-0.4, -0.2) is 19.7 Å². The van der Waals surface area contributed by atoms with Gasteiger partial charge in [-0.15, -0.1) is 0 Å². The number of pyridine rings is 1. The van der Waals surface area contributed by atoms with Crippen molar-refractivity contribution in [1.82, 2.24) is 19.7 Å². The van der Waals surface area contributed by atoms with E-state index in [4.69, 9.17) is 12.2 Å². The highest BCUT2D eigenvalue weighted by Gasteiger charge is 2.18. The Bertz CT molecular complexity index is 568. The molecular weight excluding hydrogens is 244 g/mol. The van der Waals surface area contributed by atoms with Crippen LogP contribution in [0.4, 0.5) is 0 Å². The minimum Gasteiger partial charge on any atom is -0.300 e. The summed E-state index contributed by atoms with van der Waals surface area (Å²) >= 11 is 5.31. The Morgan fingerprint density at radius 1 is 1.33 bits per heavy atom. The third-order valence-corrected chi connectivity index (χ3v) is 3.99. The molecule has 18 heavy (non-hydrogen) atoms. The molecule has 0 bridgehead atoms. The van der Waals surface area contributed by atoms with Gasteiger partial charge in [-0.3, -0.25) is 10.1 Å². The first-order valence-electron chi connectivity index (χ1n) is 6.40. The van der Waals surface area contributed by atoms with Crippen LogP contribution in [0.25, 0.3) is 11.4 Å². The molecule has 2 heterocycles. The number of hydrogen-bond acceptors (Lipinski definition) is 3. The summed E-state index contributed by atoms with van der Waals surface area (Å²) in [6, 6.07) is 3.93. The van der Waals surface area contributed by atoms with E-state index in [0.29, 0.717) is 4.77 Å².